The average Bonchev–Trinajstić information content (AvgIpc) is 2.54. The van der Waals surface area contributed by atoms with E-state index in [0.717, 1.165) is 13.1 Å². The van der Waals surface area contributed by atoms with Crippen molar-refractivity contribution in [2.75, 3.05) is 11.9 Å². The number of nitrogens with one attached hydrogen (secondary N) is 1. The SMILES string of the molecule is Brc1c(C2CCC2)nn2c1NCC2. The molecule has 3 rings (SSSR count). The number of hydrogen-bond acceptors (Lipinski definition) is 2. The van der Waals surface area contributed by atoms with E-state index in [9.17, 15) is 0 Å². The van der Waals surface area contributed by atoms with E-state index in [1.807, 2.05) is 0 Å². The summed E-state index contributed by atoms with van der Waals surface area (Å²) in [4.78, 5) is 0. The predicted molar refractivity (Wildman–Crippen MR) is 55.0 cm³/mol. The van der Waals surface area contributed by atoms with Crippen molar-refractivity contribution in [2.45, 2.75) is 31.7 Å². The molecule has 1 aliphatic carbocycles. The standard InChI is InChI=1S/C9H12BrN3/c10-7-8(6-2-1-3-6)12-13-5-4-11-9(7)13/h6,11H,1-5H2. The van der Waals surface area contributed by atoms with Gasteiger partial charge in [-0.25, -0.2) is 4.68 Å². The Labute approximate surface area is 85.6 Å². The first-order valence-corrected chi connectivity index (χ1v) is 5.65. The lowest BCUT2D eigenvalue weighted by atomic mass is 9.83. The molecule has 2 aliphatic rings. The summed E-state index contributed by atoms with van der Waals surface area (Å²) in [7, 11) is 0. The maximum atomic E-state index is 4.62. The minimum Gasteiger partial charge on any atom is -0.367 e. The van der Waals surface area contributed by atoms with Crippen molar-refractivity contribution in [2.24, 2.45) is 0 Å². The van der Waals surface area contributed by atoms with Crippen molar-refractivity contribution in [3.05, 3.63) is 10.2 Å². The maximum absolute atomic E-state index is 4.62. The summed E-state index contributed by atoms with van der Waals surface area (Å²) in [5.41, 5.74) is 1.27. The molecule has 1 saturated carbocycles. The fraction of sp³-hybridized carbons (Fsp3) is 0.667. The van der Waals surface area contributed by atoms with E-state index in [0.29, 0.717) is 5.92 Å². The number of nitrogens with zero attached hydrogens (tertiary/aromatic N) is 2. The fourth-order valence-electron chi connectivity index (χ4n) is 2.01. The zero-order chi connectivity index (χ0) is 8.84. The van der Waals surface area contributed by atoms with E-state index in [-0.39, 0.29) is 0 Å². The average molecular weight is 242 g/mol. The molecule has 1 fully saturated rings. The van der Waals surface area contributed by atoms with E-state index < -0.39 is 0 Å². The predicted octanol–water partition coefficient (Wildman–Crippen LogP) is 2.34. The van der Waals surface area contributed by atoms with Gasteiger partial charge in [-0.1, -0.05) is 6.42 Å². The smallest absolute Gasteiger partial charge is 0.139 e. The zero-order valence-electron chi connectivity index (χ0n) is 7.39. The molecule has 0 aromatic carbocycles. The van der Waals surface area contributed by atoms with Crippen LogP contribution in [0.3, 0.4) is 0 Å². The van der Waals surface area contributed by atoms with Crippen molar-refractivity contribution in [1.82, 2.24) is 9.78 Å². The Balaban J connectivity index is 2.01. The number of anilines is 1. The summed E-state index contributed by atoms with van der Waals surface area (Å²) in [6, 6.07) is 0. The van der Waals surface area contributed by atoms with Crippen molar-refractivity contribution < 1.29 is 0 Å². The van der Waals surface area contributed by atoms with Gasteiger partial charge >= 0.3 is 0 Å². The number of fused-ring (bicyclic) bond motifs is 1. The van der Waals surface area contributed by atoms with Gasteiger partial charge in [-0.05, 0) is 28.8 Å². The molecule has 13 heavy (non-hydrogen) atoms. The van der Waals surface area contributed by atoms with Crippen molar-refractivity contribution in [3.63, 3.8) is 0 Å². The van der Waals surface area contributed by atoms with Crippen LogP contribution in [0.25, 0.3) is 0 Å². The van der Waals surface area contributed by atoms with Crippen LogP contribution in [0.1, 0.15) is 30.9 Å². The number of rotatable bonds is 1. The molecule has 2 heterocycles. The van der Waals surface area contributed by atoms with E-state index in [1.165, 1.54) is 35.2 Å². The zero-order valence-corrected chi connectivity index (χ0v) is 8.97. The third-order valence-corrected chi connectivity index (χ3v) is 3.81. The first-order valence-electron chi connectivity index (χ1n) is 4.86. The third kappa shape index (κ3) is 1.04. The molecule has 0 spiro atoms. The molecule has 0 bridgehead atoms. The molecule has 0 amide bonds. The van der Waals surface area contributed by atoms with Crippen molar-refractivity contribution in [3.8, 4) is 0 Å². The molecule has 1 aromatic rings. The fourth-order valence-corrected chi connectivity index (χ4v) is 2.76. The van der Waals surface area contributed by atoms with E-state index in [4.69, 9.17) is 0 Å². The second kappa shape index (κ2) is 2.74. The second-order valence-electron chi connectivity index (χ2n) is 3.83. The number of hydrogen-bond donors (Lipinski definition) is 1. The third-order valence-electron chi connectivity index (χ3n) is 3.03. The quantitative estimate of drug-likeness (QED) is 0.819. The van der Waals surface area contributed by atoms with Gasteiger partial charge in [-0.3, -0.25) is 0 Å². The Bertz CT molecular complexity index is 341. The highest BCUT2D eigenvalue weighted by Crippen LogP contribution is 2.42. The lowest BCUT2D eigenvalue weighted by Crippen LogP contribution is -2.11. The molecule has 70 valence electrons. The molecule has 1 aromatic heterocycles. The van der Waals surface area contributed by atoms with E-state index in [2.05, 4.69) is 31.0 Å². The van der Waals surface area contributed by atoms with Gasteiger partial charge in [-0.15, -0.1) is 0 Å². The van der Waals surface area contributed by atoms with Gasteiger partial charge < -0.3 is 5.32 Å². The van der Waals surface area contributed by atoms with Gasteiger partial charge in [0.1, 0.15) is 5.82 Å². The number of aromatic nitrogens is 2. The normalized spacial score (nSPS) is 21.0. The van der Waals surface area contributed by atoms with Crippen LogP contribution in [0, 0.1) is 0 Å². The minimum atomic E-state index is 0.717. The van der Waals surface area contributed by atoms with Crippen LogP contribution in [0.15, 0.2) is 4.47 Å². The topological polar surface area (TPSA) is 29.9 Å². The van der Waals surface area contributed by atoms with Crippen LogP contribution in [0.4, 0.5) is 5.82 Å². The molecule has 0 radical (unpaired) electrons. The first-order chi connectivity index (χ1) is 6.36. The van der Waals surface area contributed by atoms with Gasteiger partial charge in [0.15, 0.2) is 0 Å². The lowest BCUT2D eigenvalue weighted by Gasteiger charge is -2.23. The van der Waals surface area contributed by atoms with Crippen molar-refractivity contribution in [1.29, 1.82) is 0 Å². The Hall–Kier alpha value is -0.510. The Kier molecular flexibility index (Phi) is 1.65. The molecule has 1 N–H and O–H groups in total. The summed E-state index contributed by atoms with van der Waals surface area (Å²) in [5, 5.41) is 7.97. The molecule has 4 heteroatoms. The van der Waals surface area contributed by atoms with Crippen LogP contribution >= 0.6 is 15.9 Å². The number of halogens is 1. The highest BCUT2D eigenvalue weighted by molar-refractivity contribution is 9.10. The van der Waals surface area contributed by atoms with Crippen LogP contribution in [-0.4, -0.2) is 16.3 Å². The Morgan fingerprint density at radius 2 is 2.31 bits per heavy atom. The maximum Gasteiger partial charge on any atom is 0.139 e. The van der Waals surface area contributed by atoms with Gasteiger partial charge in [0.25, 0.3) is 0 Å². The van der Waals surface area contributed by atoms with Gasteiger partial charge in [0.05, 0.1) is 16.7 Å². The van der Waals surface area contributed by atoms with Gasteiger partial charge in [0.2, 0.25) is 0 Å². The molecule has 0 atom stereocenters. The van der Waals surface area contributed by atoms with E-state index in [1.54, 1.807) is 0 Å². The highest BCUT2D eigenvalue weighted by Gasteiger charge is 2.28. The largest absolute Gasteiger partial charge is 0.367 e. The van der Waals surface area contributed by atoms with Crippen LogP contribution < -0.4 is 5.32 Å². The summed E-state index contributed by atoms with van der Waals surface area (Å²) in [6.45, 7) is 2.03. The summed E-state index contributed by atoms with van der Waals surface area (Å²) >= 11 is 3.63. The monoisotopic (exact) mass is 241 g/mol. The van der Waals surface area contributed by atoms with Gasteiger partial charge in [-0.2, -0.15) is 5.10 Å². The highest BCUT2D eigenvalue weighted by atomic mass is 79.9. The van der Waals surface area contributed by atoms with Crippen molar-refractivity contribution >= 4 is 21.7 Å². The molecule has 3 nitrogen and oxygen atoms in total. The summed E-state index contributed by atoms with van der Waals surface area (Å²) in [5.74, 6) is 1.90. The first kappa shape index (κ1) is 7.85. The van der Waals surface area contributed by atoms with Crippen LogP contribution in [0.5, 0.6) is 0 Å². The van der Waals surface area contributed by atoms with Crippen LogP contribution in [0.2, 0.25) is 0 Å². The molecule has 1 aliphatic heterocycles. The molecular formula is C9H12BrN3. The Morgan fingerprint density at radius 3 is 2.92 bits per heavy atom. The molecule has 0 unspecified atom stereocenters. The van der Waals surface area contributed by atoms with E-state index >= 15 is 0 Å². The molecular weight excluding hydrogens is 230 g/mol. The minimum absolute atomic E-state index is 0.717. The summed E-state index contributed by atoms with van der Waals surface area (Å²) < 4.78 is 3.28. The molecule has 0 saturated heterocycles. The Morgan fingerprint density at radius 1 is 1.46 bits per heavy atom. The summed E-state index contributed by atoms with van der Waals surface area (Å²) in [6.07, 6.45) is 4.00. The van der Waals surface area contributed by atoms with Crippen LogP contribution in [-0.2, 0) is 6.54 Å². The second-order valence-corrected chi connectivity index (χ2v) is 4.62. The van der Waals surface area contributed by atoms with Gasteiger partial charge in [0, 0.05) is 12.5 Å². The lowest BCUT2D eigenvalue weighted by molar-refractivity contribution is 0.405.